The molecule has 0 atom stereocenters. The number of benzene rings is 2. The lowest BCUT2D eigenvalue weighted by molar-refractivity contribution is -0.116. The van der Waals surface area contributed by atoms with Gasteiger partial charge < -0.3 is 5.32 Å². The van der Waals surface area contributed by atoms with Crippen molar-refractivity contribution >= 4 is 33.1 Å². The minimum Gasteiger partial charge on any atom is -0.326 e. The predicted octanol–water partition coefficient (Wildman–Crippen LogP) is 3.45. The van der Waals surface area contributed by atoms with Gasteiger partial charge >= 0.3 is 0 Å². The van der Waals surface area contributed by atoms with E-state index in [1.807, 2.05) is 48.5 Å². The number of amides is 1. The van der Waals surface area contributed by atoms with E-state index in [-0.39, 0.29) is 5.91 Å². The number of rotatable bonds is 5. The number of thiazole rings is 1. The maximum atomic E-state index is 12.2. The number of hydrogen-bond acceptors (Lipinski definition) is 5. The van der Waals surface area contributed by atoms with Crippen LogP contribution in [0, 0.1) is 0 Å². The number of anilines is 1. The molecular formula is C18H15N5OS. The molecule has 0 aliphatic heterocycles. The van der Waals surface area contributed by atoms with E-state index < -0.39 is 0 Å². The van der Waals surface area contributed by atoms with Crippen molar-refractivity contribution in [2.24, 2.45) is 0 Å². The molecule has 4 rings (SSSR count). The van der Waals surface area contributed by atoms with Crippen LogP contribution >= 0.6 is 11.3 Å². The van der Waals surface area contributed by atoms with Crippen LogP contribution in [0.15, 0.2) is 61.2 Å². The van der Waals surface area contributed by atoms with Gasteiger partial charge in [-0.15, -0.1) is 11.3 Å². The minimum absolute atomic E-state index is 0.0206. The Morgan fingerprint density at radius 1 is 1.12 bits per heavy atom. The summed E-state index contributed by atoms with van der Waals surface area (Å²) < 4.78 is 2.82. The summed E-state index contributed by atoms with van der Waals surface area (Å²) in [4.78, 5) is 20.6. The number of carbonyl (C=O) groups excluding carboxylic acids is 1. The highest BCUT2D eigenvalue weighted by Crippen LogP contribution is 2.22. The van der Waals surface area contributed by atoms with Gasteiger partial charge in [0.1, 0.15) is 12.7 Å². The summed E-state index contributed by atoms with van der Waals surface area (Å²) in [6.45, 7) is 0. The Kier molecular flexibility index (Phi) is 4.22. The molecule has 2 heterocycles. The van der Waals surface area contributed by atoms with Crippen LogP contribution in [0.2, 0.25) is 0 Å². The zero-order chi connectivity index (χ0) is 17.1. The van der Waals surface area contributed by atoms with E-state index in [1.165, 1.54) is 6.33 Å². The molecule has 0 fully saturated rings. The van der Waals surface area contributed by atoms with Crippen LogP contribution in [-0.4, -0.2) is 25.7 Å². The smallest absolute Gasteiger partial charge is 0.224 e. The average Bonchev–Trinajstić information content (AvgIpc) is 3.30. The molecule has 0 aliphatic rings. The van der Waals surface area contributed by atoms with Crippen molar-refractivity contribution in [3.8, 4) is 5.69 Å². The average molecular weight is 349 g/mol. The third-order valence-corrected chi connectivity index (χ3v) is 4.83. The fraction of sp³-hybridized carbons (Fsp3) is 0.111. The summed E-state index contributed by atoms with van der Waals surface area (Å²) in [7, 11) is 0. The van der Waals surface area contributed by atoms with Gasteiger partial charge in [-0.05, 0) is 36.4 Å². The zero-order valence-corrected chi connectivity index (χ0v) is 14.1. The van der Waals surface area contributed by atoms with Gasteiger partial charge in [-0.3, -0.25) is 4.79 Å². The molecule has 0 bridgehead atoms. The van der Waals surface area contributed by atoms with E-state index in [0.717, 1.165) is 26.6 Å². The van der Waals surface area contributed by atoms with E-state index in [2.05, 4.69) is 20.4 Å². The summed E-state index contributed by atoms with van der Waals surface area (Å²) in [6, 6.07) is 15.5. The van der Waals surface area contributed by atoms with Crippen molar-refractivity contribution in [3.63, 3.8) is 0 Å². The molecule has 1 N–H and O–H groups in total. The van der Waals surface area contributed by atoms with Crippen LogP contribution in [0.1, 0.15) is 11.4 Å². The molecule has 0 saturated heterocycles. The van der Waals surface area contributed by atoms with Gasteiger partial charge in [0.25, 0.3) is 0 Å². The zero-order valence-electron chi connectivity index (χ0n) is 13.3. The van der Waals surface area contributed by atoms with Gasteiger partial charge in [-0.25, -0.2) is 14.6 Å². The lowest BCUT2D eigenvalue weighted by Crippen LogP contribution is -2.12. The van der Waals surface area contributed by atoms with Crippen molar-refractivity contribution in [2.45, 2.75) is 12.8 Å². The molecule has 4 aromatic rings. The summed E-state index contributed by atoms with van der Waals surface area (Å²) in [5, 5.41) is 7.97. The number of aromatic nitrogens is 4. The van der Waals surface area contributed by atoms with Crippen molar-refractivity contribution in [2.75, 3.05) is 5.32 Å². The minimum atomic E-state index is -0.0206. The number of fused-ring (bicyclic) bond motifs is 1. The predicted molar refractivity (Wildman–Crippen MR) is 97.9 cm³/mol. The maximum absolute atomic E-state index is 12.2. The first kappa shape index (κ1) is 15.5. The lowest BCUT2D eigenvalue weighted by atomic mass is 10.2. The Morgan fingerprint density at radius 2 is 1.96 bits per heavy atom. The van der Waals surface area contributed by atoms with Crippen molar-refractivity contribution in [3.05, 3.63) is 66.2 Å². The van der Waals surface area contributed by atoms with E-state index >= 15 is 0 Å². The van der Waals surface area contributed by atoms with Crippen LogP contribution in [0.4, 0.5) is 5.69 Å². The van der Waals surface area contributed by atoms with E-state index in [0.29, 0.717) is 12.8 Å². The third-order valence-electron chi connectivity index (χ3n) is 3.74. The van der Waals surface area contributed by atoms with Gasteiger partial charge in [0, 0.05) is 18.5 Å². The molecule has 0 aliphatic carbocycles. The summed E-state index contributed by atoms with van der Waals surface area (Å²) in [5.74, 6) is -0.0206. The molecule has 0 radical (unpaired) electrons. The first-order valence-electron chi connectivity index (χ1n) is 7.87. The molecule has 2 aromatic heterocycles. The fourth-order valence-electron chi connectivity index (χ4n) is 2.51. The first-order valence-corrected chi connectivity index (χ1v) is 8.69. The number of aryl methyl sites for hydroxylation is 1. The molecule has 0 saturated carbocycles. The Labute approximate surface area is 148 Å². The SMILES string of the molecule is O=C(CCc1nc2ccccc2s1)Nc1ccc(-n2cncn2)cc1. The largest absolute Gasteiger partial charge is 0.326 e. The highest BCUT2D eigenvalue weighted by molar-refractivity contribution is 7.18. The molecule has 25 heavy (non-hydrogen) atoms. The Bertz CT molecular complexity index is 959. The molecule has 7 heteroatoms. The first-order chi connectivity index (χ1) is 12.3. The third kappa shape index (κ3) is 3.56. The molecular weight excluding hydrogens is 334 g/mol. The van der Waals surface area contributed by atoms with Crippen LogP contribution < -0.4 is 5.32 Å². The normalized spacial score (nSPS) is 10.9. The number of hydrogen-bond donors (Lipinski definition) is 1. The molecule has 0 spiro atoms. The summed E-state index contributed by atoms with van der Waals surface area (Å²) in [5.41, 5.74) is 2.65. The number of nitrogens with one attached hydrogen (secondary N) is 1. The molecule has 124 valence electrons. The van der Waals surface area contributed by atoms with Gasteiger partial charge in [-0.1, -0.05) is 12.1 Å². The van der Waals surface area contributed by atoms with Gasteiger partial charge in [0.15, 0.2) is 0 Å². The monoisotopic (exact) mass is 349 g/mol. The van der Waals surface area contributed by atoms with Crippen LogP contribution in [0.25, 0.3) is 15.9 Å². The highest BCUT2D eigenvalue weighted by atomic mass is 32.1. The van der Waals surface area contributed by atoms with E-state index in [4.69, 9.17) is 0 Å². The second-order valence-electron chi connectivity index (χ2n) is 5.51. The second-order valence-corrected chi connectivity index (χ2v) is 6.63. The molecule has 2 aromatic carbocycles. The maximum Gasteiger partial charge on any atom is 0.224 e. The number of para-hydroxylation sites is 1. The van der Waals surface area contributed by atoms with Gasteiger partial charge in [0.05, 0.1) is 20.9 Å². The number of nitrogens with zero attached hydrogens (tertiary/aromatic N) is 4. The number of carbonyl (C=O) groups is 1. The summed E-state index contributed by atoms with van der Waals surface area (Å²) in [6.07, 6.45) is 4.16. The van der Waals surface area contributed by atoms with Crippen LogP contribution in [0.3, 0.4) is 0 Å². The van der Waals surface area contributed by atoms with Crippen molar-refractivity contribution in [1.82, 2.24) is 19.7 Å². The Hall–Kier alpha value is -3.06. The van der Waals surface area contributed by atoms with Crippen LogP contribution in [-0.2, 0) is 11.2 Å². The Morgan fingerprint density at radius 3 is 2.72 bits per heavy atom. The lowest BCUT2D eigenvalue weighted by Gasteiger charge is -2.06. The standard InChI is InChI=1S/C18H15N5OS/c24-17(9-10-18-22-15-3-1-2-4-16(15)25-18)21-13-5-7-14(8-6-13)23-12-19-11-20-23/h1-8,11-12H,9-10H2,(H,21,24). The quantitative estimate of drug-likeness (QED) is 0.599. The fourth-order valence-corrected chi connectivity index (χ4v) is 3.48. The molecule has 0 unspecified atom stereocenters. The topological polar surface area (TPSA) is 72.7 Å². The van der Waals surface area contributed by atoms with Crippen molar-refractivity contribution in [1.29, 1.82) is 0 Å². The molecule has 1 amide bonds. The van der Waals surface area contributed by atoms with Crippen LogP contribution in [0.5, 0.6) is 0 Å². The second kappa shape index (κ2) is 6.82. The van der Waals surface area contributed by atoms with Gasteiger partial charge in [0.2, 0.25) is 5.91 Å². The van der Waals surface area contributed by atoms with Crippen molar-refractivity contribution < 1.29 is 4.79 Å². The molecule has 6 nitrogen and oxygen atoms in total. The summed E-state index contributed by atoms with van der Waals surface area (Å²) >= 11 is 1.64. The van der Waals surface area contributed by atoms with E-state index in [1.54, 1.807) is 22.3 Å². The highest BCUT2D eigenvalue weighted by Gasteiger charge is 2.07. The Balaban J connectivity index is 1.35. The van der Waals surface area contributed by atoms with E-state index in [9.17, 15) is 4.79 Å². The van der Waals surface area contributed by atoms with Gasteiger partial charge in [-0.2, -0.15) is 5.10 Å².